The standard InChI is InChI=1S/C15H16BrNO/c1-11-4-2-3-5-14(11)18-15-7-6-13(16)10-12(15)8-9-17/h2-7,10H,8-9,17H2,1H3. The molecule has 0 saturated heterocycles. The molecule has 0 fully saturated rings. The second-order valence-electron chi connectivity index (χ2n) is 4.16. The molecule has 0 spiro atoms. The highest BCUT2D eigenvalue weighted by molar-refractivity contribution is 9.10. The van der Waals surface area contributed by atoms with Crippen LogP contribution in [0, 0.1) is 6.92 Å². The molecule has 0 heterocycles. The molecule has 0 unspecified atom stereocenters. The van der Waals surface area contributed by atoms with Crippen LogP contribution in [0.2, 0.25) is 0 Å². The summed E-state index contributed by atoms with van der Waals surface area (Å²) in [4.78, 5) is 0. The number of para-hydroxylation sites is 1. The lowest BCUT2D eigenvalue weighted by Crippen LogP contribution is -2.04. The average molecular weight is 306 g/mol. The second-order valence-corrected chi connectivity index (χ2v) is 5.07. The maximum Gasteiger partial charge on any atom is 0.130 e. The number of halogens is 1. The van der Waals surface area contributed by atoms with E-state index in [2.05, 4.69) is 22.0 Å². The molecule has 0 bridgehead atoms. The average Bonchev–Trinajstić information content (AvgIpc) is 2.35. The number of rotatable bonds is 4. The van der Waals surface area contributed by atoms with Gasteiger partial charge in [0.2, 0.25) is 0 Å². The number of hydrogen-bond acceptors (Lipinski definition) is 2. The van der Waals surface area contributed by atoms with Gasteiger partial charge in [-0.1, -0.05) is 34.1 Å². The van der Waals surface area contributed by atoms with Gasteiger partial charge in [0, 0.05) is 4.47 Å². The lowest BCUT2D eigenvalue weighted by Gasteiger charge is -2.12. The van der Waals surface area contributed by atoms with Gasteiger partial charge in [-0.3, -0.25) is 0 Å². The highest BCUT2D eigenvalue weighted by Crippen LogP contribution is 2.29. The van der Waals surface area contributed by atoms with Gasteiger partial charge in [0.15, 0.2) is 0 Å². The molecule has 0 atom stereocenters. The molecule has 2 nitrogen and oxygen atoms in total. The van der Waals surface area contributed by atoms with E-state index in [1.54, 1.807) is 0 Å². The normalized spacial score (nSPS) is 10.4. The zero-order valence-corrected chi connectivity index (χ0v) is 11.9. The van der Waals surface area contributed by atoms with Crippen LogP contribution in [0.25, 0.3) is 0 Å². The summed E-state index contributed by atoms with van der Waals surface area (Å²) >= 11 is 3.47. The van der Waals surface area contributed by atoms with E-state index in [9.17, 15) is 0 Å². The minimum atomic E-state index is 0.612. The zero-order valence-electron chi connectivity index (χ0n) is 10.3. The molecular formula is C15H16BrNO. The van der Waals surface area contributed by atoms with E-state index >= 15 is 0 Å². The van der Waals surface area contributed by atoms with Crippen LogP contribution in [0.5, 0.6) is 11.5 Å². The summed E-state index contributed by atoms with van der Waals surface area (Å²) in [5, 5.41) is 0. The molecule has 2 rings (SSSR count). The summed E-state index contributed by atoms with van der Waals surface area (Å²) in [6, 6.07) is 14.0. The van der Waals surface area contributed by atoms with Gasteiger partial charge in [0.1, 0.15) is 11.5 Å². The van der Waals surface area contributed by atoms with E-state index in [0.717, 1.165) is 33.5 Å². The third-order valence-electron chi connectivity index (χ3n) is 2.75. The number of nitrogens with two attached hydrogens (primary N) is 1. The van der Waals surface area contributed by atoms with Crippen molar-refractivity contribution in [1.82, 2.24) is 0 Å². The third kappa shape index (κ3) is 3.12. The van der Waals surface area contributed by atoms with Gasteiger partial charge in [-0.05, 0) is 55.3 Å². The van der Waals surface area contributed by atoms with E-state index < -0.39 is 0 Å². The quantitative estimate of drug-likeness (QED) is 0.925. The van der Waals surface area contributed by atoms with Gasteiger partial charge in [0.25, 0.3) is 0 Å². The Labute approximate surface area is 116 Å². The van der Waals surface area contributed by atoms with Crippen LogP contribution < -0.4 is 10.5 Å². The van der Waals surface area contributed by atoms with E-state index in [-0.39, 0.29) is 0 Å². The summed E-state index contributed by atoms with van der Waals surface area (Å²) in [6.07, 6.45) is 0.806. The predicted octanol–water partition coefficient (Wildman–Crippen LogP) is 4.05. The highest BCUT2D eigenvalue weighted by Gasteiger charge is 2.06. The van der Waals surface area contributed by atoms with Crippen molar-refractivity contribution in [3.8, 4) is 11.5 Å². The lowest BCUT2D eigenvalue weighted by atomic mass is 10.1. The van der Waals surface area contributed by atoms with Crippen molar-refractivity contribution >= 4 is 15.9 Å². The first-order valence-corrected chi connectivity index (χ1v) is 6.72. The van der Waals surface area contributed by atoms with Crippen LogP contribution in [0.3, 0.4) is 0 Å². The molecule has 94 valence electrons. The van der Waals surface area contributed by atoms with E-state index in [1.165, 1.54) is 0 Å². The Hall–Kier alpha value is -1.32. The molecule has 0 radical (unpaired) electrons. The monoisotopic (exact) mass is 305 g/mol. The topological polar surface area (TPSA) is 35.2 Å². The minimum Gasteiger partial charge on any atom is -0.457 e. The number of benzene rings is 2. The fourth-order valence-electron chi connectivity index (χ4n) is 1.79. The van der Waals surface area contributed by atoms with Crippen molar-refractivity contribution in [1.29, 1.82) is 0 Å². The van der Waals surface area contributed by atoms with Crippen LogP contribution >= 0.6 is 15.9 Å². The van der Waals surface area contributed by atoms with Crippen molar-refractivity contribution in [2.24, 2.45) is 5.73 Å². The molecule has 3 heteroatoms. The summed E-state index contributed by atoms with van der Waals surface area (Å²) in [6.45, 7) is 2.65. The Morgan fingerprint density at radius 1 is 1.11 bits per heavy atom. The van der Waals surface area contributed by atoms with Gasteiger partial charge < -0.3 is 10.5 Å². The van der Waals surface area contributed by atoms with E-state index in [1.807, 2.05) is 43.3 Å². The number of hydrogen-bond donors (Lipinski definition) is 1. The van der Waals surface area contributed by atoms with Crippen LogP contribution in [-0.2, 0) is 6.42 Å². The van der Waals surface area contributed by atoms with Crippen molar-refractivity contribution in [2.75, 3.05) is 6.54 Å². The Morgan fingerprint density at radius 2 is 1.89 bits per heavy atom. The van der Waals surface area contributed by atoms with E-state index in [0.29, 0.717) is 6.54 Å². The first-order chi connectivity index (χ1) is 8.70. The van der Waals surface area contributed by atoms with Crippen molar-refractivity contribution < 1.29 is 4.74 Å². The Balaban J connectivity index is 2.31. The Morgan fingerprint density at radius 3 is 2.61 bits per heavy atom. The molecule has 0 aromatic heterocycles. The molecule has 18 heavy (non-hydrogen) atoms. The maximum atomic E-state index is 5.97. The molecule has 0 aliphatic heterocycles. The first-order valence-electron chi connectivity index (χ1n) is 5.92. The van der Waals surface area contributed by atoms with Crippen molar-refractivity contribution in [2.45, 2.75) is 13.3 Å². The number of aryl methyl sites for hydroxylation is 1. The lowest BCUT2D eigenvalue weighted by molar-refractivity contribution is 0.472. The molecule has 2 aromatic carbocycles. The van der Waals surface area contributed by atoms with Gasteiger partial charge in [-0.2, -0.15) is 0 Å². The largest absolute Gasteiger partial charge is 0.457 e. The van der Waals surface area contributed by atoms with Gasteiger partial charge in [0.05, 0.1) is 0 Å². The Kier molecular flexibility index (Phi) is 4.39. The molecule has 2 aromatic rings. The van der Waals surface area contributed by atoms with Crippen LogP contribution in [-0.4, -0.2) is 6.54 Å². The first kappa shape index (κ1) is 13.1. The van der Waals surface area contributed by atoms with Crippen LogP contribution in [0.15, 0.2) is 46.9 Å². The molecule has 0 aliphatic rings. The summed E-state index contributed by atoms with van der Waals surface area (Å²) < 4.78 is 7.02. The summed E-state index contributed by atoms with van der Waals surface area (Å²) in [5.74, 6) is 1.76. The maximum absolute atomic E-state index is 5.97. The molecule has 2 N–H and O–H groups in total. The molecule has 0 saturated carbocycles. The second kappa shape index (κ2) is 6.03. The van der Waals surface area contributed by atoms with E-state index in [4.69, 9.17) is 10.5 Å². The van der Waals surface area contributed by atoms with Crippen LogP contribution in [0.4, 0.5) is 0 Å². The third-order valence-corrected chi connectivity index (χ3v) is 3.24. The van der Waals surface area contributed by atoms with Crippen molar-refractivity contribution in [3.05, 3.63) is 58.1 Å². The SMILES string of the molecule is Cc1ccccc1Oc1ccc(Br)cc1CCN. The number of ether oxygens (including phenoxy) is 1. The fraction of sp³-hybridized carbons (Fsp3) is 0.200. The summed E-state index contributed by atoms with van der Waals surface area (Å²) in [7, 11) is 0. The predicted molar refractivity (Wildman–Crippen MR) is 78.2 cm³/mol. The Bertz CT molecular complexity index is 540. The smallest absolute Gasteiger partial charge is 0.130 e. The van der Waals surface area contributed by atoms with Gasteiger partial charge >= 0.3 is 0 Å². The van der Waals surface area contributed by atoms with Crippen LogP contribution in [0.1, 0.15) is 11.1 Å². The van der Waals surface area contributed by atoms with Gasteiger partial charge in [-0.25, -0.2) is 0 Å². The fourth-order valence-corrected chi connectivity index (χ4v) is 2.20. The molecule has 0 amide bonds. The van der Waals surface area contributed by atoms with Gasteiger partial charge in [-0.15, -0.1) is 0 Å². The molecular weight excluding hydrogens is 290 g/mol. The minimum absolute atomic E-state index is 0.612. The highest BCUT2D eigenvalue weighted by atomic mass is 79.9. The van der Waals surface area contributed by atoms with Crippen molar-refractivity contribution in [3.63, 3.8) is 0 Å². The summed E-state index contributed by atoms with van der Waals surface area (Å²) in [5.41, 5.74) is 7.88. The zero-order chi connectivity index (χ0) is 13.0. The molecule has 0 aliphatic carbocycles.